The summed E-state index contributed by atoms with van der Waals surface area (Å²) in [6, 6.07) is 11.2. The van der Waals surface area contributed by atoms with Crippen LogP contribution in [0.25, 0.3) is 0 Å². The number of hydrogen-bond donors (Lipinski definition) is 4. The number of piperazine rings is 1. The first-order valence-corrected chi connectivity index (χ1v) is 14.5. The van der Waals surface area contributed by atoms with Crippen LogP contribution in [0.5, 0.6) is 0 Å². The van der Waals surface area contributed by atoms with Gasteiger partial charge >= 0.3 is 0 Å². The van der Waals surface area contributed by atoms with Gasteiger partial charge in [0.2, 0.25) is 11.9 Å². The molecule has 1 saturated carbocycles. The van der Waals surface area contributed by atoms with E-state index in [9.17, 15) is 4.79 Å². The van der Waals surface area contributed by atoms with Gasteiger partial charge < -0.3 is 31.5 Å². The van der Waals surface area contributed by atoms with E-state index in [4.69, 9.17) is 10.7 Å². The maximum absolute atomic E-state index is 12.2. The predicted molar refractivity (Wildman–Crippen MR) is 155 cm³/mol. The molecular formula is C29H46N8O. The van der Waals surface area contributed by atoms with E-state index in [1.54, 1.807) is 0 Å². The Hall–Kier alpha value is -2.91. The molecule has 0 unspecified atom stereocenters. The molecule has 1 aromatic heterocycles. The summed E-state index contributed by atoms with van der Waals surface area (Å²) in [5.41, 5.74) is 8.54. The van der Waals surface area contributed by atoms with Crippen molar-refractivity contribution in [2.24, 2.45) is 0 Å². The van der Waals surface area contributed by atoms with Crippen molar-refractivity contribution in [2.45, 2.75) is 77.4 Å². The Morgan fingerprint density at radius 3 is 2.39 bits per heavy atom. The summed E-state index contributed by atoms with van der Waals surface area (Å²) in [5.74, 6) is 2.01. The Morgan fingerprint density at radius 2 is 1.68 bits per heavy atom. The summed E-state index contributed by atoms with van der Waals surface area (Å²) >= 11 is 0. The van der Waals surface area contributed by atoms with Gasteiger partial charge in [-0.05, 0) is 49.9 Å². The minimum absolute atomic E-state index is 0.237. The standard InChI is InChI=1S/C29H46N8O/c1-2-7-28(38)37-18-16-36(17-19-37)27-20-26(30)34-29(35-27)33-22-24-12-10-23(11-13-24)21-31-14-6-15-32-25-8-4-3-5-9-25/h10-13,20,25,31-32H,2-9,14-19,21-22H2,1H3,(H3,30,33,34,35). The summed E-state index contributed by atoms with van der Waals surface area (Å²) in [6.45, 7) is 8.60. The fourth-order valence-corrected chi connectivity index (χ4v) is 5.27. The van der Waals surface area contributed by atoms with Crippen LogP contribution in [0.1, 0.15) is 69.4 Å². The average Bonchev–Trinajstić information content (AvgIpc) is 2.95. The fraction of sp³-hybridized carbons (Fsp3) is 0.621. The first-order chi connectivity index (χ1) is 18.6. The van der Waals surface area contributed by atoms with Crippen molar-refractivity contribution in [3.63, 3.8) is 0 Å². The Bertz CT molecular complexity index is 985. The second kappa shape index (κ2) is 14.9. The third-order valence-corrected chi connectivity index (χ3v) is 7.52. The van der Waals surface area contributed by atoms with E-state index in [-0.39, 0.29) is 5.91 Å². The van der Waals surface area contributed by atoms with Crippen molar-refractivity contribution in [3.8, 4) is 0 Å². The average molecular weight is 523 g/mol. The smallest absolute Gasteiger partial charge is 0.226 e. The van der Waals surface area contributed by atoms with Crippen LogP contribution in [-0.2, 0) is 17.9 Å². The predicted octanol–water partition coefficient (Wildman–Crippen LogP) is 3.52. The number of nitrogens with zero attached hydrogens (tertiary/aromatic N) is 4. The summed E-state index contributed by atoms with van der Waals surface area (Å²) in [6.07, 6.45) is 9.53. The molecule has 5 N–H and O–H groups in total. The van der Waals surface area contributed by atoms with E-state index in [2.05, 4.69) is 50.1 Å². The van der Waals surface area contributed by atoms with Gasteiger partial charge in [0, 0.05) is 57.8 Å². The van der Waals surface area contributed by atoms with Crippen molar-refractivity contribution in [3.05, 3.63) is 41.5 Å². The number of nitrogens with one attached hydrogen (secondary N) is 3. The second-order valence-electron chi connectivity index (χ2n) is 10.6. The fourth-order valence-electron chi connectivity index (χ4n) is 5.27. The quantitative estimate of drug-likeness (QED) is 0.296. The number of hydrogen-bond acceptors (Lipinski definition) is 8. The van der Waals surface area contributed by atoms with Crippen LogP contribution in [-0.4, -0.2) is 66.1 Å². The molecule has 38 heavy (non-hydrogen) atoms. The molecule has 4 rings (SSSR count). The molecule has 1 aromatic carbocycles. The second-order valence-corrected chi connectivity index (χ2v) is 10.6. The highest BCUT2D eigenvalue weighted by molar-refractivity contribution is 5.76. The Labute approximate surface area is 228 Å². The lowest BCUT2D eigenvalue weighted by atomic mass is 9.95. The number of nitrogen functional groups attached to an aromatic ring is 1. The van der Waals surface area contributed by atoms with Crippen LogP contribution in [0.2, 0.25) is 0 Å². The highest BCUT2D eigenvalue weighted by Gasteiger charge is 2.22. The molecule has 2 aromatic rings. The summed E-state index contributed by atoms with van der Waals surface area (Å²) in [5, 5.41) is 10.6. The van der Waals surface area contributed by atoms with Crippen molar-refractivity contribution in [2.75, 3.05) is 55.2 Å². The van der Waals surface area contributed by atoms with Gasteiger partial charge in [-0.3, -0.25) is 4.79 Å². The monoisotopic (exact) mass is 522 g/mol. The zero-order valence-electron chi connectivity index (χ0n) is 23.1. The largest absolute Gasteiger partial charge is 0.383 e. The minimum atomic E-state index is 0.237. The lowest BCUT2D eigenvalue weighted by Crippen LogP contribution is -2.49. The molecule has 0 bridgehead atoms. The summed E-state index contributed by atoms with van der Waals surface area (Å²) < 4.78 is 0. The van der Waals surface area contributed by atoms with Gasteiger partial charge in [-0.1, -0.05) is 50.5 Å². The maximum atomic E-state index is 12.2. The molecule has 208 valence electrons. The molecule has 2 heterocycles. The van der Waals surface area contributed by atoms with Crippen LogP contribution >= 0.6 is 0 Å². The molecule has 9 nitrogen and oxygen atoms in total. The molecule has 9 heteroatoms. The van der Waals surface area contributed by atoms with E-state index in [1.807, 2.05) is 17.9 Å². The topological polar surface area (TPSA) is 111 Å². The molecule has 2 aliphatic rings. The van der Waals surface area contributed by atoms with Crippen LogP contribution in [0.4, 0.5) is 17.6 Å². The normalized spacial score (nSPS) is 16.6. The van der Waals surface area contributed by atoms with Crippen LogP contribution in [0, 0.1) is 0 Å². The first kappa shape index (κ1) is 28.1. The lowest BCUT2D eigenvalue weighted by molar-refractivity contribution is -0.131. The zero-order chi connectivity index (χ0) is 26.6. The van der Waals surface area contributed by atoms with Gasteiger partial charge in [0.25, 0.3) is 0 Å². The van der Waals surface area contributed by atoms with Gasteiger partial charge in [0.05, 0.1) is 0 Å². The number of benzene rings is 1. The zero-order valence-corrected chi connectivity index (χ0v) is 23.1. The van der Waals surface area contributed by atoms with Gasteiger partial charge in [-0.25, -0.2) is 0 Å². The first-order valence-electron chi connectivity index (χ1n) is 14.5. The van der Waals surface area contributed by atoms with Crippen molar-refractivity contribution >= 4 is 23.5 Å². The van der Waals surface area contributed by atoms with Crippen molar-refractivity contribution in [1.82, 2.24) is 25.5 Å². The summed E-state index contributed by atoms with van der Waals surface area (Å²) in [7, 11) is 0. The number of carbonyl (C=O) groups excluding carboxylic acids is 1. The number of nitrogens with two attached hydrogens (primary N) is 1. The SMILES string of the molecule is CCCC(=O)N1CCN(c2cc(N)nc(NCc3ccc(CNCCCNC4CCCCC4)cc3)n2)CC1. The van der Waals surface area contributed by atoms with Crippen LogP contribution in [0.15, 0.2) is 30.3 Å². The van der Waals surface area contributed by atoms with Crippen LogP contribution in [0.3, 0.4) is 0 Å². The van der Waals surface area contributed by atoms with Gasteiger partial charge in [0.1, 0.15) is 11.6 Å². The molecular weight excluding hydrogens is 476 g/mol. The maximum Gasteiger partial charge on any atom is 0.226 e. The molecule has 1 aliphatic heterocycles. The summed E-state index contributed by atoms with van der Waals surface area (Å²) in [4.78, 5) is 25.4. The highest BCUT2D eigenvalue weighted by Crippen LogP contribution is 2.20. The molecule has 1 aliphatic carbocycles. The number of aromatic nitrogens is 2. The Kier molecular flexibility index (Phi) is 11.0. The van der Waals surface area contributed by atoms with Gasteiger partial charge in [-0.2, -0.15) is 9.97 Å². The van der Waals surface area contributed by atoms with E-state index >= 15 is 0 Å². The molecule has 0 atom stereocenters. The van der Waals surface area contributed by atoms with Crippen LogP contribution < -0.4 is 26.6 Å². The van der Waals surface area contributed by atoms with Gasteiger partial charge in [-0.15, -0.1) is 0 Å². The van der Waals surface area contributed by atoms with Crippen molar-refractivity contribution in [1.29, 1.82) is 0 Å². The molecule has 0 spiro atoms. The van der Waals surface area contributed by atoms with Gasteiger partial charge in [0.15, 0.2) is 0 Å². The lowest BCUT2D eigenvalue weighted by Gasteiger charge is -2.35. The number of amides is 1. The Balaban J connectivity index is 1.17. The van der Waals surface area contributed by atoms with E-state index < -0.39 is 0 Å². The minimum Gasteiger partial charge on any atom is -0.383 e. The number of anilines is 3. The van der Waals surface area contributed by atoms with Crippen molar-refractivity contribution < 1.29 is 4.79 Å². The van der Waals surface area contributed by atoms with E-state index in [0.29, 0.717) is 37.8 Å². The molecule has 0 radical (unpaired) electrons. The third-order valence-electron chi connectivity index (χ3n) is 7.52. The number of carbonyl (C=O) groups is 1. The van der Waals surface area contributed by atoms with E-state index in [1.165, 1.54) is 43.2 Å². The number of rotatable bonds is 13. The molecule has 2 fully saturated rings. The third kappa shape index (κ3) is 8.84. The van der Waals surface area contributed by atoms with E-state index in [0.717, 1.165) is 57.4 Å². The molecule has 1 saturated heterocycles. The Morgan fingerprint density at radius 1 is 0.974 bits per heavy atom. The highest BCUT2D eigenvalue weighted by atomic mass is 16.2. The molecule has 1 amide bonds.